The molecule has 2 aromatic rings. The number of benzene rings is 1. The zero-order chi connectivity index (χ0) is 19.1. The van der Waals surface area contributed by atoms with Crippen LogP contribution in [-0.4, -0.2) is 71.5 Å². The molecule has 0 saturated carbocycles. The van der Waals surface area contributed by atoms with Gasteiger partial charge in [-0.15, -0.1) is 0 Å². The maximum atomic E-state index is 11.8. The summed E-state index contributed by atoms with van der Waals surface area (Å²) in [7, 11) is 1.77. The monoisotopic (exact) mass is 370 g/mol. The van der Waals surface area contributed by atoms with E-state index in [4.69, 9.17) is 4.74 Å². The molecule has 1 fully saturated rings. The Bertz CT molecular complexity index is 766. The van der Waals surface area contributed by atoms with E-state index in [-0.39, 0.29) is 6.09 Å². The van der Waals surface area contributed by atoms with Crippen LogP contribution in [0.2, 0.25) is 0 Å². The third-order valence-electron chi connectivity index (χ3n) is 4.41. The zero-order valence-electron chi connectivity index (χ0n) is 15.8. The number of para-hydroxylation sites is 1. The zero-order valence-corrected chi connectivity index (χ0v) is 15.8. The van der Waals surface area contributed by atoms with Crippen LogP contribution in [0.4, 0.5) is 4.79 Å². The molecule has 2 heterocycles. The van der Waals surface area contributed by atoms with Gasteiger partial charge in [0.25, 0.3) is 0 Å². The van der Waals surface area contributed by atoms with E-state index in [0.717, 1.165) is 30.4 Å². The highest BCUT2D eigenvalue weighted by atomic mass is 16.6. The number of nitrogens with one attached hydrogen (secondary N) is 1. The molecule has 0 atom stereocenters. The molecule has 1 N–H and O–H groups in total. The number of nitrogens with zero attached hydrogens (tertiary/aromatic N) is 5. The van der Waals surface area contributed by atoms with Crippen molar-refractivity contribution in [3.63, 3.8) is 0 Å². The number of aromatic nitrogens is 2. The molecule has 1 aromatic heterocycles. The standard InChI is InChI=1S/C19H26N6O2/c1-3-27-19(26)24-13-11-23(12-14-24)18(20-2)21-15-16-9-10-25(22-16)17-7-5-4-6-8-17/h4-10H,3,11-15H2,1-2H3,(H,20,21). The number of amides is 1. The lowest BCUT2D eigenvalue weighted by Gasteiger charge is -2.35. The van der Waals surface area contributed by atoms with Crippen LogP contribution in [0.5, 0.6) is 0 Å². The number of aliphatic imine (C=N–C) groups is 1. The van der Waals surface area contributed by atoms with E-state index in [0.29, 0.717) is 26.2 Å². The Balaban J connectivity index is 1.52. The highest BCUT2D eigenvalue weighted by molar-refractivity contribution is 5.80. The molecule has 3 rings (SSSR count). The van der Waals surface area contributed by atoms with Gasteiger partial charge in [0, 0.05) is 39.4 Å². The van der Waals surface area contributed by atoms with E-state index in [1.807, 2.05) is 54.2 Å². The molecule has 1 aliphatic rings. The summed E-state index contributed by atoms with van der Waals surface area (Å²) in [6, 6.07) is 12.0. The molecule has 0 unspecified atom stereocenters. The van der Waals surface area contributed by atoms with Crippen molar-refractivity contribution in [3.05, 3.63) is 48.3 Å². The molecular formula is C19H26N6O2. The van der Waals surface area contributed by atoms with Crippen LogP contribution >= 0.6 is 0 Å². The maximum absolute atomic E-state index is 11.8. The van der Waals surface area contributed by atoms with Crippen molar-refractivity contribution >= 4 is 12.1 Å². The number of rotatable bonds is 4. The third-order valence-corrected chi connectivity index (χ3v) is 4.41. The number of carbonyl (C=O) groups excluding carboxylic acids is 1. The van der Waals surface area contributed by atoms with Crippen molar-refractivity contribution in [1.82, 2.24) is 24.9 Å². The highest BCUT2D eigenvalue weighted by Crippen LogP contribution is 2.08. The number of piperazine rings is 1. The molecular weight excluding hydrogens is 344 g/mol. The largest absolute Gasteiger partial charge is 0.450 e. The molecule has 144 valence electrons. The first kappa shape index (κ1) is 18.8. The van der Waals surface area contributed by atoms with Crippen LogP contribution < -0.4 is 5.32 Å². The highest BCUT2D eigenvalue weighted by Gasteiger charge is 2.23. The van der Waals surface area contributed by atoms with Crippen LogP contribution in [-0.2, 0) is 11.3 Å². The molecule has 1 amide bonds. The van der Waals surface area contributed by atoms with Gasteiger partial charge in [-0.05, 0) is 25.1 Å². The second-order valence-electron chi connectivity index (χ2n) is 6.16. The SMILES string of the molecule is CCOC(=O)N1CCN(C(=NC)NCc2ccn(-c3ccccc3)n2)CC1. The smallest absolute Gasteiger partial charge is 0.409 e. The first-order chi connectivity index (χ1) is 13.2. The third kappa shape index (κ3) is 4.78. The molecule has 0 radical (unpaired) electrons. The number of carbonyl (C=O) groups is 1. The molecule has 1 aromatic carbocycles. The van der Waals surface area contributed by atoms with Crippen LogP contribution in [0.25, 0.3) is 5.69 Å². The quantitative estimate of drug-likeness (QED) is 0.655. The molecule has 27 heavy (non-hydrogen) atoms. The Kier molecular flexibility index (Phi) is 6.30. The van der Waals surface area contributed by atoms with Gasteiger partial charge in [0.15, 0.2) is 5.96 Å². The molecule has 1 aliphatic heterocycles. The summed E-state index contributed by atoms with van der Waals surface area (Å²) < 4.78 is 6.92. The van der Waals surface area contributed by atoms with Gasteiger partial charge >= 0.3 is 6.09 Å². The van der Waals surface area contributed by atoms with E-state index >= 15 is 0 Å². The van der Waals surface area contributed by atoms with Crippen molar-refractivity contribution in [2.75, 3.05) is 39.8 Å². The second-order valence-corrected chi connectivity index (χ2v) is 6.16. The summed E-state index contributed by atoms with van der Waals surface area (Å²) in [6.07, 6.45) is 1.71. The van der Waals surface area contributed by atoms with Crippen LogP contribution in [0.1, 0.15) is 12.6 Å². The Morgan fingerprint density at radius 3 is 2.52 bits per heavy atom. The fourth-order valence-electron chi connectivity index (χ4n) is 3.00. The van der Waals surface area contributed by atoms with E-state index < -0.39 is 0 Å². The summed E-state index contributed by atoms with van der Waals surface area (Å²) in [6.45, 7) is 5.50. The Morgan fingerprint density at radius 1 is 1.15 bits per heavy atom. The minimum Gasteiger partial charge on any atom is -0.450 e. The summed E-state index contributed by atoms with van der Waals surface area (Å²) in [5.74, 6) is 0.813. The molecule has 0 bridgehead atoms. The van der Waals surface area contributed by atoms with Crippen LogP contribution in [0.15, 0.2) is 47.6 Å². The van der Waals surface area contributed by atoms with Crippen LogP contribution in [0.3, 0.4) is 0 Å². The number of ether oxygens (including phenoxy) is 1. The lowest BCUT2D eigenvalue weighted by atomic mass is 10.3. The van der Waals surface area contributed by atoms with Gasteiger partial charge in [-0.1, -0.05) is 18.2 Å². The summed E-state index contributed by atoms with van der Waals surface area (Å²) >= 11 is 0. The van der Waals surface area contributed by atoms with Crippen molar-refractivity contribution in [2.45, 2.75) is 13.5 Å². The Morgan fingerprint density at radius 2 is 1.85 bits per heavy atom. The summed E-state index contributed by atoms with van der Waals surface area (Å²) in [4.78, 5) is 20.0. The van der Waals surface area contributed by atoms with E-state index in [1.165, 1.54) is 0 Å². The summed E-state index contributed by atoms with van der Waals surface area (Å²) in [5, 5.41) is 7.95. The average molecular weight is 370 g/mol. The first-order valence-electron chi connectivity index (χ1n) is 9.18. The topological polar surface area (TPSA) is 75.0 Å². The molecule has 0 spiro atoms. The van der Waals surface area contributed by atoms with Gasteiger partial charge in [0.1, 0.15) is 0 Å². The lowest BCUT2D eigenvalue weighted by Crippen LogP contribution is -2.53. The van der Waals surface area contributed by atoms with Gasteiger partial charge < -0.3 is 19.9 Å². The normalized spacial score (nSPS) is 15.0. The average Bonchev–Trinajstić information content (AvgIpc) is 3.19. The van der Waals surface area contributed by atoms with E-state index in [9.17, 15) is 4.79 Å². The minimum absolute atomic E-state index is 0.244. The van der Waals surface area contributed by atoms with E-state index in [1.54, 1.807) is 11.9 Å². The molecule has 8 heteroatoms. The number of guanidine groups is 1. The van der Waals surface area contributed by atoms with Gasteiger partial charge in [0.2, 0.25) is 0 Å². The number of hydrogen-bond acceptors (Lipinski definition) is 4. The molecule has 8 nitrogen and oxygen atoms in total. The van der Waals surface area contributed by atoms with Gasteiger partial charge in [-0.2, -0.15) is 5.10 Å². The lowest BCUT2D eigenvalue weighted by molar-refractivity contribution is 0.0914. The van der Waals surface area contributed by atoms with Crippen LogP contribution in [0, 0.1) is 0 Å². The summed E-state index contributed by atoms with van der Waals surface area (Å²) in [5.41, 5.74) is 1.97. The molecule has 0 aliphatic carbocycles. The van der Waals surface area contributed by atoms with E-state index in [2.05, 4.69) is 20.3 Å². The fraction of sp³-hybridized carbons (Fsp3) is 0.421. The minimum atomic E-state index is -0.244. The van der Waals surface area contributed by atoms with Gasteiger partial charge in [-0.25, -0.2) is 9.48 Å². The van der Waals surface area contributed by atoms with Crippen molar-refractivity contribution in [3.8, 4) is 5.69 Å². The van der Waals surface area contributed by atoms with Crippen molar-refractivity contribution in [1.29, 1.82) is 0 Å². The van der Waals surface area contributed by atoms with Gasteiger partial charge in [0.05, 0.1) is 24.5 Å². The molecule has 1 saturated heterocycles. The second kappa shape index (κ2) is 9.07. The predicted molar refractivity (Wildman–Crippen MR) is 104 cm³/mol. The number of hydrogen-bond donors (Lipinski definition) is 1. The first-order valence-corrected chi connectivity index (χ1v) is 9.18. The van der Waals surface area contributed by atoms with Crippen molar-refractivity contribution in [2.24, 2.45) is 4.99 Å². The predicted octanol–water partition coefficient (Wildman–Crippen LogP) is 1.72. The maximum Gasteiger partial charge on any atom is 0.409 e. The fourth-order valence-corrected chi connectivity index (χ4v) is 3.00. The Hall–Kier alpha value is -3.03. The Labute approximate surface area is 159 Å². The van der Waals surface area contributed by atoms with Gasteiger partial charge in [-0.3, -0.25) is 4.99 Å². The van der Waals surface area contributed by atoms with Crippen molar-refractivity contribution < 1.29 is 9.53 Å².